The Morgan fingerprint density at radius 3 is 2.75 bits per heavy atom. The summed E-state index contributed by atoms with van der Waals surface area (Å²) in [6.45, 7) is 3.63. The third-order valence-corrected chi connectivity index (χ3v) is 3.97. The maximum Gasteiger partial charge on any atom is 0.279 e. The Labute approximate surface area is 117 Å². The molecule has 1 atom stereocenters. The van der Waals surface area contributed by atoms with Crippen molar-refractivity contribution >= 4 is 5.91 Å². The number of amides is 1. The summed E-state index contributed by atoms with van der Waals surface area (Å²) < 4.78 is 0. The number of H-pyrrole nitrogens is 1. The second-order valence-electron chi connectivity index (χ2n) is 5.45. The van der Waals surface area contributed by atoms with Crippen LogP contribution in [0.2, 0.25) is 0 Å². The molecule has 1 aromatic heterocycles. The molecule has 110 valence electrons. The Bertz CT molecular complexity index is 547. The molecular formula is C14H21N3O3. The minimum atomic E-state index is -0.549. The van der Waals surface area contributed by atoms with Gasteiger partial charge in [0.2, 0.25) is 0 Å². The first-order chi connectivity index (χ1) is 9.49. The molecule has 0 aromatic carbocycles. The average molecular weight is 279 g/mol. The lowest BCUT2D eigenvalue weighted by atomic mass is 10.0. The maximum atomic E-state index is 11.9. The predicted octanol–water partition coefficient (Wildman–Crippen LogP) is 0.668. The van der Waals surface area contributed by atoms with E-state index in [4.69, 9.17) is 0 Å². The fourth-order valence-corrected chi connectivity index (χ4v) is 2.57. The van der Waals surface area contributed by atoms with Crippen molar-refractivity contribution in [2.75, 3.05) is 6.54 Å². The van der Waals surface area contributed by atoms with Gasteiger partial charge >= 0.3 is 0 Å². The number of aromatic amines is 1. The van der Waals surface area contributed by atoms with E-state index < -0.39 is 17.6 Å². The lowest BCUT2D eigenvalue weighted by molar-refractivity contribution is 0.0835. The van der Waals surface area contributed by atoms with Crippen LogP contribution in [-0.2, 0) is 0 Å². The second-order valence-corrected chi connectivity index (χ2v) is 5.45. The summed E-state index contributed by atoms with van der Waals surface area (Å²) >= 11 is 0. The number of carbonyl (C=O) groups is 1. The van der Waals surface area contributed by atoms with E-state index in [2.05, 4.69) is 15.3 Å². The van der Waals surface area contributed by atoms with E-state index in [1.807, 2.05) is 0 Å². The van der Waals surface area contributed by atoms with E-state index in [0.717, 1.165) is 25.7 Å². The van der Waals surface area contributed by atoms with Crippen molar-refractivity contribution in [1.29, 1.82) is 0 Å². The van der Waals surface area contributed by atoms with Crippen molar-refractivity contribution in [1.82, 2.24) is 15.3 Å². The molecule has 1 aliphatic carbocycles. The molecule has 1 saturated carbocycles. The van der Waals surface area contributed by atoms with Crippen molar-refractivity contribution < 1.29 is 9.90 Å². The van der Waals surface area contributed by atoms with Gasteiger partial charge in [-0.1, -0.05) is 12.8 Å². The molecule has 0 radical (unpaired) electrons. The van der Waals surface area contributed by atoms with E-state index >= 15 is 0 Å². The summed E-state index contributed by atoms with van der Waals surface area (Å²) in [4.78, 5) is 30.2. The molecule has 0 saturated heterocycles. The van der Waals surface area contributed by atoms with Crippen LogP contribution >= 0.6 is 0 Å². The minimum absolute atomic E-state index is 0.147. The Balaban J connectivity index is 1.98. The first kappa shape index (κ1) is 14.7. The molecule has 3 N–H and O–H groups in total. The molecule has 1 unspecified atom stereocenters. The van der Waals surface area contributed by atoms with Crippen molar-refractivity contribution in [3.05, 3.63) is 27.4 Å². The highest BCUT2D eigenvalue weighted by atomic mass is 16.3. The topological polar surface area (TPSA) is 95.1 Å². The number of aliphatic hydroxyl groups excluding tert-OH is 1. The lowest BCUT2D eigenvalue weighted by Crippen LogP contribution is -2.38. The quantitative estimate of drug-likeness (QED) is 0.755. The number of nitrogens with zero attached hydrogens (tertiary/aromatic N) is 1. The maximum absolute atomic E-state index is 11.9. The van der Waals surface area contributed by atoms with Crippen molar-refractivity contribution in [2.45, 2.75) is 45.6 Å². The van der Waals surface area contributed by atoms with Crippen LogP contribution in [0.1, 0.15) is 47.6 Å². The number of hydrogen-bond acceptors (Lipinski definition) is 4. The number of aryl methyl sites for hydroxylation is 2. The molecule has 1 amide bonds. The van der Waals surface area contributed by atoms with Crippen LogP contribution in [0.25, 0.3) is 0 Å². The molecule has 1 aliphatic rings. The molecule has 0 aliphatic heterocycles. The summed E-state index contributed by atoms with van der Waals surface area (Å²) in [6.07, 6.45) is 3.72. The monoisotopic (exact) mass is 279 g/mol. The van der Waals surface area contributed by atoms with Crippen LogP contribution in [0, 0.1) is 19.8 Å². The van der Waals surface area contributed by atoms with Crippen LogP contribution in [0.5, 0.6) is 0 Å². The molecule has 0 bridgehead atoms. The fourth-order valence-electron chi connectivity index (χ4n) is 2.57. The summed E-state index contributed by atoms with van der Waals surface area (Å²) in [5.41, 5.74) is 0.622. The molecule has 2 rings (SSSR count). The highest BCUT2D eigenvalue weighted by Crippen LogP contribution is 2.27. The number of nitrogens with one attached hydrogen (secondary N) is 2. The summed E-state index contributed by atoms with van der Waals surface area (Å²) in [5, 5.41) is 12.6. The van der Waals surface area contributed by atoms with E-state index in [0.29, 0.717) is 11.4 Å². The van der Waals surface area contributed by atoms with Crippen LogP contribution < -0.4 is 10.9 Å². The predicted molar refractivity (Wildman–Crippen MR) is 74.6 cm³/mol. The molecule has 0 spiro atoms. The third-order valence-electron chi connectivity index (χ3n) is 3.97. The van der Waals surface area contributed by atoms with Crippen LogP contribution in [-0.4, -0.2) is 33.6 Å². The Morgan fingerprint density at radius 2 is 2.10 bits per heavy atom. The van der Waals surface area contributed by atoms with Gasteiger partial charge in [0.1, 0.15) is 0 Å². The van der Waals surface area contributed by atoms with Crippen LogP contribution in [0.4, 0.5) is 0 Å². The number of aliphatic hydroxyl groups is 1. The number of hydrogen-bond donors (Lipinski definition) is 3. The molecule has 1 fully saturated rings. The summed E-state index contributed by atoms with van der Waals surface area (Å²) in [7, 11) is 0. The number of carbonyl (C=O) groups excluding carboxylic acids is 1. The van der Waals surface area contributed by atoms with Crippen molar-refractivity contribution in [2.24, 2.45) is 5.92 Å². The first-order valence-electron chi connectivity index (χ1n) is 7.03. The van der Waals surface area contributed by atoms with E-state index in [1.54, 1.807) is 13.8 Å². The molecule has 20 heavy (non-hydrogen) atoms. The van der Waals surface area contributed by atoms with Crippen molar-refractivity contribution in [3.8, 4) is 0 Å². The third kappa shape index (κ3) is 3.25. The Kier molecular flexibility index (Phi) is 4.54. The minimum Gasteiger partial charge on any atom is -0.391 e. The molecule has 6 nitrogen and oxygen atoms in total. The van der Waals surface area contributed by atoms with Gasteiger partial charge in [0.05, 0.1) is 11.8 Å². The van der Waals surface area contributed by atoms with Gasteiger partial charge in [-0.3, -0.25) is 9.59 Å². The number of rotatable bonds is 4. The first-order valence-corrected chi connectivity index (χ1v) is 7.03. The zero-order valence-electron chi connectivity index (χ0n) is 11.9. The van der Waals surface area contributed by atoms with Gasteiger partial charge in [0.15, 0.2) is 5.69 Å². The van der Waals surface area contributed by atoms with Crippen molar-refractivity contribution in [3.63, 3.8) is 0 Å². The van der Waals surface area contributed by atoms with E-state index in [9.17, 15) is 14.7 Å². The van der Waals surface area contributed by atoms with Gasteiger partial charge in [-0.25, -0.2) is 4.98 Å². The standard InChI is InChI=1S/C14H21N3O3/c1-8-9(2)17-14(20)12(16-8)13(19)15-7-11(18)10-5-3-4-6-10/h10-11,18H,3-7H2,1-2H3,(H,15,19)(H,17,20). The number of aromatic nitrogens is 2. The van der Waals surface area contributed by atoms with Gasteiger partial charge in [-0.2, -0.15) is 0 Å². The highest BCUT2D eigenvalue weighted by molar-refractivity contribution is 5.91. The normalized spacial score (nSPS) is 17.1. The van der Waals surface area contributed by atoms with E-state index in [-0.39, 0.29) is 18.2 Å². The molecule has 1 aromatic rings. The van der Waals surface area contributed by atoms with Gasteiger partial charge in [0.25, 0.3) is 11.5 Å². The fraction of sp³-hybridized carbons (Fsp3) is 0.643. The smallest absolute Gasteiger partial charge is 0.279 e. The second kappa shape index (κ2) is 6.17. The molecular weight excluding hydrogens is 258 g/mol. The largest absolute Gasteiger partial charge is 0.391 e. The van der Waals surface area contributed by atoms with Gasteiger partial charge in [-0.15, -0.1) is 0 Å². The Hall–Kier alpha value is -1.69. The zero-order chi connectivity index (χ0) is 14.7. The van der Waals surface area contributed by atoms with Gasteiger partial charge in [0, 0.05) is 12.2 Å². The lowest BCUT2D eigenvalue weighted by Gasteiger charge is -2.17. The van der Waals surface area contributed by atoms with Gasteiger partial charge in [-0.05, 0) is 32.6 Å². The zero-order valence-corrected chi connectivity index (χ0v) is 11.9. The molecule has 1 heterocycles. The molecule has 6 heteroatoms. The van der Waals surface area contributed by atoms with E-state index in [1.165, 1.54) is 0 Å². The highest BCUT2D eigenvalue weighted by Gasteiger charge is 2.24. The summed E-state index contributed by atoms with van der Waals surface area (Å²) in [6, 6.07) is 0. The van der Waals surface area contributed by atoms with Gasteiger partial charge < -0.3 is 15.4 Å². The summed E-state index contributed by atoms with van der Waals surface area (Å²) in [5.74, 6) is -0.285. The SMILES string of the molecule is Cc1nc(C(=O)NCC(O)C2CCCC2)c(=O)[nH]c1C. The average Bonchev–Trinajstić information content (AvgIpc) is 2.94. The van der Waals surface area contributed by atoms with Crippen LogP contribution in [0.15, 0.2) is 4.79 Å². The Morgan fingerprint density at radius 1 is 1.45 bits per heavy atom. The van der Waals surface area contributed by atoms with Crippen LogP contribution in [0.3, 0.4) is 0 Å².